The molecule has 0 unspecified atom stereocenters. The third kappa shape index (κ3) is 3.67. The molecule has 6 heteroatoms. The first kappa shape index (κ1) is 15.6. The predicted octanol–water partition coefficient (Wildman–Crippen LogP) is 3.11. The third-order valence-corrected chi connectivity index (χ3v) is 3.71. The molecule has 0 spiro atoms. The van der Waals surface area contributed by atoms with Gasteiger partial charge in [-0.1, -0.05) is 6.92 Å². The van der Waals surface area contributed by atoms with Gasteiger partial charge in [0, 0.05) is 31.9 Å². The SMILES string of the molecule is CCCN1CCN(c2ccc(C#N)c(C(F)(F)F)c2)CC1. The lowest BCUT2D eigenvalue weighted by molar-refractivity contribution is -0.137. The van der Waals surface area contributed by atoms with E-state index in [1.54, 1.807) is 12.1 Å². The molecule has 1 saturated heterocycles. The molecular weight excluding hydrogens is 279 g/mol. The van der Waals surface area contributed by atoms with Crippen molar-refractivity contribution in [2.75, 3.05) is 37.6 Å². The van der Waals surface area contributed by atoms with E-state index in [0.717, 1.165) is 32.1 Å². The predicted molar refractivity (Wildman–Crippen MR) is 75.1 cm³/mol. The van der Waals surface area contributed by atoms with Crippen LogP contribution in [-0.2, 0) is 6.18 Å². The number of nitriles is 1. The molecule has 2 rings (SSSR count). The Bertz CT molecular complexity index is 526. The van der Waals surface area contributed by atoms with Gasteiger partial charge in [0.05, 0.1) is 17.2 Å². The number of piperazine rings is 1. The number of anilines is 1. The van der Waals surface area contributed by atoms with Crippen LogP contribution in [0.3, 0.4) is 0 Å². The minimum Gasteiger partial charge on any atom is -0.369 e. The van der Waals surface area contributed by atoms with Gasteiger partial charge in [-0.25, -0.2) is 0 Å². The Morgan fingerprint density at radius 3 is 2.38 bits per heavy atom. The fourth-order valence-electron chi connectivity index (χ4n) is 2.61. The van der Waals surface area contributed by atoms with E-state index in [2.05, 4.69) is 11.8 Å². The summed E-state index contributed by atoms with van der Waals surface area (Å²) < 4.78 is 38.9. The Kier molecular flexibility index (Phi) is 4.73. The van der Waals surface area contributed by atoms with Crippen molar-refractivity contribution in [3.63, 3.8) is 0 Å². The van der Waals surface area contributed by atoms with Crippen molar-refractivity contribution < 1.29 is 13.2 Å². The van der Waals surface area contributed by atoms with E-state index in [9.17, 15) is 13.2 Å². The molecule has 1 aromatic carbocycles. The molecule has 0 bridgehead atoms. The topological polar surface area (TPSA) is 30.3 Å². The number of alkyl halides is 3. The lowest BCUT2D eigenvalue weighted by Crippen LogP contribution is -2.46. The van der Waals surface area contributed by atoms with Gasteiger partial charge in [0.25, 0.3) is 0 Å². The summed E-state index contributed by atoms with van der Waals surface area (Å²) in [7, 11) is 0. The van der Waals surface area contributed by atoms with Gasteiger partial charge < -0.3 is 4.90 Å². The lowest BCUT2D eigenvalue weighted by atomic mass is 10.1. The van der Waals surface area contributed by atoms with E-state index in [0.29, 0.717) is 18.8 Å². The first-order valence-corrected chi connectivity index (χ1v) is 7.04. The molecule has 0 saturated carbocycles. The highest BCUT2D eigenvalue weighted by Gasteiger charge is 2.34. The average Bonchev–Trinajstić information content (AvgIpc) is 2.47. The molecule has 1 aliphatic heterocycles. The zero-order valence-electron chi connectivity index (χ0n) is 12.0. The smallest absolute Gasteiger partial charge is 0.369 e. The zero-order chi connectivity index (χ0) is 15.5. The highest BCUT2D eigenvalue weighted by Crippen LogP contribution is 2.34. The molecule has 0 amide bonds. The lowest BCUT2D eigenvalue weighted by Gasteiger charge is -2.36. The summed E-state index contributed by atoms with van der Waals surface area (Å²) in [6, 6.07) is 5.56. The van der Waals surface area contributed by atoms with Crippen molar-refractivity contribution in [3.05, 3.63) is 29.3 Å². The molecule has 1 aromatic rings. The third-order valence-electron chi connectivity index (χ3n) is 3.71. The van der Waals surface area contributed by atoms with Crippen molar-refractivity contribution in [1.82, 2.24) is 4.90 Å². The molecule has 114 valence electrons. The van der Waals surface area contributed by atoms with Gasteiger partial charge in [0.15, 0.2) is 0 Å². The van der Waals surface area contributed by atoms with E-state index in [1.807, 2.05) is 4.90 Å². The molecule has 0 aromatic heterocycles. The maximum absolute atomic E-state index is 13.0. The fourth-order valence-corrected chi connectivity index (χ4v) is 2.61. The van der Waals surface area contributed by atoms with E-state index in [4.69, 9.17) is 5.26 Å². The van der Waals surface area contributed by atoms with Gasteiger partial charge in [-0.2, -0.15) is 18.4 Å². The van der Waals surface area contributed by atoms with Crippen LogP contribution in [0.5, 0.6) is 0 Å². The Balaban J connectivity index is 2.17. The summed E-state index contributed by atoms with van der Waals surface area (Å²) in [5.74, 6) is 0. The van der Waals surface area contributed by atoms with Crippen LogP contribution in [0.2, 0.25) is 0 Å². The molecule has 21 heavy (non-hydrogen) atoms. The molecule has 1 heterocycles. The number of rotatable bonds is 3. The Morgan fingerprint density at radius 2 is 1.86 bits per heavy atom. The van der Waals surface area contributed by atoms with Gasteiger partial charge in [0.1, 0.15) is 0 Å². The van der Waals surface area contributed by atoms with Crippen LogP contribution in [0.1, 0.15) is 24.5 Å². The number of benzene rings is 1. The summed E-state index contributed by atoms with van der Waals surface area (Å²) in [4.78, 5) is 4.26. The standard InChI is InChI=1S/C15H18F3N3/c1-2-5-20-6-8-21(9-7-20)13-4-3-12(11-19)14(10-13)15(16,17)18/h3-4,10H,2,5-9H2,1H3. The monoisotopic (exact) mass is 297 g/mol. The number of hydrogen-bond donors (Lipinski definition) is 0. The molecule has 0 N–H and O–H groups in total. The van der Waals surface area contributed by atoms with Crippen molar-refractivity contribution in [2.45, 2.75) is 19.5 Å². The summed E-state index contributed by atoms with van der Waals surface area (Å²) >= 11 is 0. The van der Waals surface area contributed by atoms with Crippen molar-refractivity contribution in [2.24, 2.45) is 0 Å². The van der Waals surface area contributed by atoms with Crippen LogP contribution in [-0.4, -0.2) is 37.6 Å². The van der Waals surface area contributed by atoms with Gasteiger partial charge in [-0.3, -0.25) is 4.90 Å². The largest absolute Gasteiger partial charge is 0.417 e. The maximum Gasteiger partial charge on any atom is 0.417 e. The molecule has 0 aliphatic carbocycles. The average molecular weight is 297 g/mol. The second-order valence-electron chi connectivity index (χ2n) is 5.17. The zero-order valence-corrected chi connectivity index (χ0v) is 12.0. The first-order valence-electron chi connectivity index (χ1n) is 7.04. The highest BCUT2D eigenvalue weighted by atomic mass is 19.4. The maximum atomic E-state index is 13.0. The summed E-state index contributed by atoms with van der Waals surface area (Å²) in [6.45, 7) is 6.27. The van der Waals surface area contributed by atoms with Gasteiger partial charge in [-0.05, 0) is 31.2 Å². The van der Waals surface area contributed by atoms with Crippen molar-refractivity contribution >= 4 is 5.69 Å². The second-order valence-corrected chi connectivity index (χ2v) is 5.17. The Hall–Kier alpha value is -1.74. The minimum absolute atomic E-state index is 0.323. The molecule has 1 fully saturated rings. The number of halogens is 3. The van der Waals surface area contributed by atoms with Crippen molar-refractivity contribution in [3.8, 4) is 6.07 Å². The number of nitrogens with zero attached hydrogens (tertiary/aromatic N) is 3. The summed E-state index contributed by atoms with van der Waals surface area (Å²) in [5, 5.41) is 8.81. The number of hydrogen-bond acceptors (Lipinski definition) is 3. The molecule has 0 atom stereocenters. The molecule has 0 radical (unpaired) electrons. The van der Waals surface area contributed by atoms with Crippen LogP contribution < -0.4 is 4.90 Å². The highest BCUT2D eigenvalue weighted by molar-refractivity contribution is 5.55. The van der Waals surface area contributed by atoms with E-state index in [1.165, 1.54) is 6.07 Å². The summed E-state index contributed by atoms with van der Waals surface area (Å²) in [5.41, 5.74) is -0.633. The molecular formula is C15H18F3N3. The fraction of sp³-hybridized carbons (Fsp3) is 0.533. The quantitative estimate of drug-likeness (QED) is 0.859. The normalized spacial score (nSPS) is 16.8. The van der Waals surface area contributed by atoms with Gasteiger partial charge in [0.2, 0.25) is 0 Å². The minimum atomic E-state index is -4.49. The van der Waals surface area contributed by atoms with Crippen LogP contribution in [0.4, 0.5) is 18.9 Å². The van der Waals surface area contributed by atoms with Crippen molar-refractivity contribution in [1.29, 1.82) is 5.26 Å². The van der Waals surface area contributed by atoms with E-state index < -0.39 is 11.7 Å². The van der Waals surface area contributed by atoms with Crippen LogP contribution in [0.15, 0.2) is 18.2 Å². The second kappa shape index (κ2) is 6.35. The molecule has 1 aliphatic rings. The van der Waals surface area contributed by atoms with E-state index in [-0.39, 0.29) is 5.56 Å². The van der Waals surface area contributed by atoms with Gasteiger partial charge in [-0.15, -0.1) is 0 Å². The van der Waals surface area contributed by atoms with Crippen LogP contribution in [0, 0.1) is 11.3 Å². The Morgan fingerprint density at radius 1 is 1.19 bits per heavy atom. The summed E-state index contributed by atoms with van der Waals surface area (Å²) in [6.07, 6.45) is -3.42. The first-order chi connectivity index (χ1) is 9.95. The van der Waals surface area contributed by atoms with Crippen LogP contribution in [0.25, 0.3) is 0 Å². The molecule has 3 nitrogen and oxygen atoms in total. The Labute approximate surface area is 122 Å². The van der Waals surface area contributed by atoms with E-state index >= 15 is 0 Å². The van der Waals surface area contributed by atoms with Gasteiger partial charge >= 0.3 is 6.18 Å². The van der Waals surface area contributed by atoms with Crippen LogP contribution >= 0.6 is 0 Å².